The summed E-state index contributed by atoms with van der Waals surface area (Å²) < 4.78 is 0. The Balaban J connectivity index is 1.26. The third-order valence-corrected chi connectivity index (χ3v) is 5.96. The molecule has 0 aromatic heterocycles. The highest BCUT2D eigenvalue weighted by Crippen LogP contribution is 2.26. The molecular formula is C32H26. The average Bonchev–Trinajstić information content (AvgIpc) is 2.86. The van der Waals surface area contributed by atoms with Crippen molar-refractivity contribution in [1.82, 2.24) is 0 Å². The molecule has 5 aromatic rings. The molecule has 0 nitrogen and oxygen atoms in total. The van der Waals surface area contributed by atoms with Crippen molar-refractivity contribution in [3.05, 3.63) is 156 Å². The number of hydrogen-bond acceptors (Lipinski definition) is 0. The second-order valence-electron chi connectivity index (χ2n) is 8.30. The van der Waals surface area contributed by atoms with Gasteiger partial charge in [0.15, 0.2) is 0 Å². The second-order valence-corrected chi connectivity index (χ2v) is 8.30. The van der Waals surface area contributed by atoms with Crippen molar-refractivity contribution in [2.45, 2.75) is 12.8 Å². The van der Waals surface area contributed by atoms with Crippen LogP contribution in [0.15, 0.2) is 133 Å². The van der Waals surface area contributed by atoms with Crippen LogP contribution in [0, 0.1) is 0 Å². The van der Waals surface area contributed by atoms with Gasteiger partial charge >= 0.3 is 0 Å². The van der Waals surface area contributed by atoms with Crippen LogP contribution < -0.4 is 0 Å². The van der Waals surface area contributed by atoms with Crippen molar-refractivity contribution >= 4 is 0 Å². The van der Waals surface area contributed by atoms with Gasteiger partial charge in [0.25, 0.3) is 0 Å². The summed E-state index contributed by atoms with van der Waals surface area (Å²) >= 11 is 0. The number of benzene rings is 5. The normalized spacial score (nSPS) is 10.8. The third-order valence-electron chi connectivity index (χ3n) is 5.96. The molecule has 32 heavy (non-hydrogen) atoms. The van der Waals surface area contributed by atoms with Crippen molar-refractivity contribution in [3.63, 3.8) is 0 Å². The summed E-state index contributed by atoms with van der Waals surface area (Å²) in [6, 6.07) is 48.0. The molecule has 5 rings (SSSR count). The van der Waals surface area contributed by atoms with Gasteiger partial charge in [0.1, 0.15) is 0 Å². The van der Waals surface area contributed by atoms with E-state index < -0.39 is 0 Å². The summed E-state index contributed by atoms with van der Waals surface area (Å²) in [5.74, 6) is 0. The van der Waals surface area contributed by atoms with E-state index in [0.29, 0.717) is 0 Å². The second kappa shape index (κ2) is 9.49. The molecule has 0 unspecified atom stereocenters. The van der Waals surface area contributed by atoms with E-state index in [-0.39, 0.29) is 0 Å². The monoisotopic (exact) mass is 410 g/mol. The Kier molecular flexibility index (Phi) is 5.94. The Morgan fingerprint density at radius 3 is 0.812 bits per heavy atom. The lowest BCUT2D eigenvalue weighted by Gasteiger charge is -2.08. The quantitative estimate of drug-likeness (QED) is 0.265. The molecule has 0 N–H and O–H groups in total. The first-order valence-corrected chi connectivity index (χ1v) is 11.2. The average molecular weight is 411 g/mol. The summed E-state index contributed by atoms with van der Waals surface area (Å²) in [6.45, 7) is 0. The SMILES string of the molecule is c1ccc(Cc2ccc(-c3ccc(-c4ccc(Cc5ccccc5)cc4)cc3)cc2)cc1. The highest BCUT2D eigenvalue weighted by Gasteiger charge is 2.03. The van der Waals surface area contributed by atoms with E-state index in [9.17, 15) is 0 Å². The zero-order chi connectivity index (χ0) is 21.6. The van der Waals surface area contributed by atoms with Crippen LogP contribution >= 0.6 is 0 Å². The fourth-order valence-corrected chi connectivity index (χ4v) is 4.15. The molecule has 0 aliphatic rings. The van der Waals surface area contributed by atoms with Crippen molar-refractivity contribution in [2.75, 3.05) is 0 Å². The van der Waals surface area contributed by atoms with Crippen LogP contribution in [0.5, 0.6) is 0 Å². The largest absolute Gasteiger partial charge is 0.0622 e. The first kappa shape index (κ1) is 20.0. The fourth-order valence-electron chi connectivity index (χ4n) is 4.15. The summed E-state index contributed by atoms with van der Waals surface area (Å²) in [6.07, 6.45) is 1.95. The summed E-state index contributed by atoms with van der Waals surface area (Å²) in [7, 11) is 0. The van der Waals surface area contributed by atoms with E-state index in [1.165, 1.54) is 44.5 Å². The van der Waals surface area contributed by atoms with Crippen LogP contribution in [0.4, 0.5) is 0 Å². The molecule has 0 aliphatic heterocycles. The summed E-state index contributed by atoms with van der Waals surface area (Å²) in [5.41, 5.74) is 10.4. The Morgan fingerprint density at radius 1 is 0.250 bits per heavy atom. The highest BCUT2D eigenvalue weighted by molar-refractivity contribution is 5.70. The van der Waals surface area contributed by atoms with Gasteiger partial charge in [-0.2, -0.15) is 0 Å². The Labute approximate surface area is 190 Å². The van der Waals surface area contributed by atoms with E-state index in [2.05, 4.69) is 133 Å². The van der Waals surface area contributed by atoms with Crippen LogP contribution in [-0.2, 0) is 12.8 Å². The van der Waals surface area contributed by atoms with E-state index >= 15 is 0 Å². The molecule has 0 heteroatoms. The van der Waals surface area contributed by atoms with Gasteiger partial charge in [0.2, 0.25) is 0 Å². The molecular weight excluding hydrogens is 384 g/mol. The maximum Gasteiger partial charge on any atom is -0.00258 e. The van der Waals surface area contributed by atoms with Crippen molar-refractivity contribution in [3.8, 4) is 22.3 Å². The lowest BCUT2D eigenvalue weighted by molar-refractivity contribution is 1.19. The first-order valence-electron chi connectivity index (χ1n) is 11.2. The Hall–Kier alpha value is -3.90. The van der Waals surface area contributed by atoms with Crippen LogP contribution in [0.25, 0.3) is 22.3 Å². The topological polar surface area (TPSA) is 0 Å². The van der Waals surface area contributed by atoms with Crippen molar-refractivity contribution in [2.24, 2.45) is 0 Å². The maximum atomic E-state index is 2.24. The fraction of sp³-hybridized carbons (Fsp3) is 0.0625. The molecule has 0 amide bonds. The van der Waals surface area contributed by atoms with Gasteiger partial charge < -0.3 is 0 Å². The molecule has 5 aromatic carbocycles. The lowest BCUT2D eigenvalue weighted by Crippen LogP contribution is -1.88. The highest BCUT2D eigenvalue weighted by atomic mass is 14.1. The Morgan fingerprint density at radius 2 is 0.500 bits per heavy atom. The molecule has 0 aliphatic carbocycles. The van der Waals surface area contributed by atoms with Gasteiger partial charge in [-0.1, -0.05) is 133 Å². The number of rotatable bonds is 6. The van der Waals surface area contributed by atoms with Crippen LogP contribution in [0.1, 0.15) is 22.3 Å². The zero-order valence-electron chi connectivity index (χ0n) is 18.1. The summed E-state index contributed by atoms with van der Waals surface area (Å²) in [5, 5.41) is 0. The van der Waals surface area contributed by atoms with E-state index in [1.807, 2.05) is 0 Å². The smallest absolute Gasteiger partial charge is 0.00258 e. The van der Waals surface area contributed by atoms with E-state index in [1.54, 1.807) is 0 Å². The lowest BCUT2D eigenvalue weighted by atomic mass is 9.97. The molecule has 0 fully saturated rings. The molecule has 0 saturated carbocycles. The van der Waals surface area contributed by atoms with Gasteiger partial charge in [-0.05, 0) is 57.3 Å². The van der Waals surface area contributed by atoms with E-state index in [0.717, 1.165) is 12.8 Å². The minimum absolute atomic E-state index is 0.973. The predicted molar refractivity (Wildman–Crippen MR) is 136 cm³/mol. The standard InChI is InChI=1S/C32H26/c1-3-7-25(8-4-1)23-27-11-15-29(16-12-27)31-19-21-32(22-20-31)30-17-13-28(14-18-30)24-26-9-5-2-6-10-26/h1-22H,23-24H2. The van der Waals surface area contributed by atoms with Gasteiger partial charge in [-0.25, -0.2) is 0 Å². The molecule has 0 bridgehead atoms. The zero-order valence-corrected chi connectivity index (χ0v) is 18.1. The van der Waals surface area contributed by atoms with Gasteiger partial charge in [-0.3, -0.25) is 0 Å². The molecule has 0 radical (unpaired) electrons. The predicted octanol–water partition coefficient (Wildman–Crippen LogP) is 8.20. The first-order chi connectivity index (χ1) is 15.8. The third kappa shape index (κ3) is 4.87. The molecule has 0 spiro atoms. The maximum absolute atomic E-state index is 2.24. The van der Waals surface area contributed by atoms with Gasteiger partial charge in [0.05, 0.1) is 0 Å². The molecule has 0 atom stereocenters. The molecule has 0 saturated heterocycles. The Bertz CT molecular complexity index is 1140. The van der Waals surface area contributed by atoms with Gasteiger partial charge in [0, 0.05) is 0 Å². The van der Waals surface area contributed by atoms with E-state index in [4.69, 9.17) is 0 Å². The minimum Gasteiger partial charge on any atom is -0.0622 e. The van der Waals surface area contributed by atoms with Crippen LogP contribution in [0.3, 0.4) is 0 Å². The van der Waals surface area contributed by atoms with Crippen molar-refractivity contribution in [1.29, 1.82) is 0 Å². The molecule has 154 valence electrons. The van der Waals surface area contributed by atoms with Gasteiger partial charge in [-0.15, -0.1) is 0 Å². The number of hydrogen-bond donors (Lipinski definition) is 0. The molecule has 0 heterocycles. The van der Waals surface area contributed by atoms with Crippen LogP contribution in [-0.4, -0.2) is 0 Å². The van der Waals surface area contributed by atoms with Crippen molar-refractivity contribution < 1.29 is 0 Å². The summed E-state index contributed by atoms with van der Waals surface area (Å²) in [4.78, 5) is 0. The minimum atomic E-state index is 0.973. The van der Waals surface area contributed by atoms with Crippen LogP contribution in [0.2, 0.25) is 0 Å².